The van der Waals surface area contributed by atoms with Crippen LogP contribution in [0.3, 0.4) is 0 Å². The Morgan fingerprint density at radius 2 is 2.11 bits per heavy atom. The lowest BCUT2D eigenvalue weighted by molar-refractivity contribution is 0.928. The van der Waals surface area contributed by atoms with Crippen molar-refractivity contribution in [2.75, 3.05) is 0 Å². The first-order chi connectivity index (χ1) is 3.98. The lowest BCUT2D eigenvalue weighted by atomic mass is 10.4. The van der Waals surface area contributed by atoms with E-state index in [2.05, 4.69) is 19.2 Å². The van der Waals surface area contributed by atoms with Crippen LogP contribution in [0.15, 0.2) is 0 Å². The minimum Gasteiger partial charge on any atom is -0.198 e. The summed E-state index contributed by atoms with van der Waals surface area (Å²) in [5.41, 5.74) is 0.407. The lowest BCUT2D eigenvalue weighted by Crippen LogP contribution is -2.22. The lowest BCUT2D eigenvalue weighted by Gasteiger charge is -2.18. The Hall–Kier alpha value is -0.00312. The number of nitriles is 1. The molecule has 0 spiro atoms. The van der Waals surface area contributed by atoms with Gasteiger partial charge in [-0.25, -0.2) is 0 Å². The van der Waals surface area contributed by atoms with Crippen LogP contribution in [0, 0.1) is 11.3 Å². The molecule has 0 saturated heterocycles. The number of rotatable bonds is 2. The monoisotopic (exact) mass is 161 g/mol. The molecule has 0 aromatic carbocycles. The summed E-state index contributed by atoms with van der Waals surface area (Å²) in [7, 11) is -1.53. The van der Waals surface area contributed by atoms with E-state index in [1.54, 1.807) is 0 Å². The number of nitrogens with zero attached hydrogens (tertiary/aromatic N) is 1. The molecule has 52 valence electrons. The Kier molecular flexibility index (Phi) is 3.24. The molecule has 3 heteroatoms. The number of hydrogen-bond acceptors (Lipinski definition) is 1. The van der Waals surface area contributed by atoms with Gasteiger partial charge in [0.1, 0.15) is 0 Å². The van der Waals surface area contributed by atoms with Crippen LogP contribution < -0.4 is 0 Å². The third-order valence-corrected chi connectivity index (χ3v) is 5.23. The van der Waals surface area contributed by atoms with Gasteiger partial charge in [0, 0.05) is 6.42 Å². The molecule has 0 amide bonds. The largest absolute Gasteiger partial charge is 0.198 e. The van der Waals surface area contributed by atoms with E-state index in [0.717, 1.165) is 0 Å². The van der Waals surface area contributed by atoms with Crippen molar-refractivity contribution in [3.05, 3.63) is 0 Å². The Balaban J connectivity index is 3.76. The molecule has 0 aliphatic carbocycles. The predicted octanol–water partition coefficient (Wildman–Crippen LogP) is 2.73. The first-order valence-corrected chi connectivity index (χ1v) is 7.13. The van der Waals surface area contributed by atoms with Gasteiger partial charge in [0.2, 0.25) is 0 Å². The Labute approximate surface area is 62.3 Å². The highest BCUT2D eigenvalue weighted by Crippen LogP contribution is 2.27. The van der Waals surface area contributed by atoms with E-state index >= 15 is 0 Å². The van der Waals surface area contributed by atoms with Crippen molar-refractivity contribution in [2.45, 2.75) is 32.0 Å². The average molecular weight is 162 g/mol. The minimum atomic E-state index is -1.53. The van der Waals surface area contributed by atoms with Crippen molar-refractivity contribution in [1.29, 1.82) is 5.26 Å². The van der Waals surface area contributed by atoms with E-state index in [1.165, 1.54) is 0 Å². The van der Waals surface area contributed by atoms with Gasteiger partial charge in [0.25, 0.3) is 0 Å². The maximum atomic E-state index is 8.31. The summed E-state index contributed by atoms with van der Waals surface area (Å²) < 4.78 is 0. The van der Waals surface area contributed by atoms with Crippen LogP contribution in [-0.4, -0.2) is 7.38 Å². The molecule has 1 nitrogen and oxygen atoms in total. The smallest absolute Gasteiger partial charge is 0.154 e. The van der Waals surface area contributed by atoms with Gasteiger partial charge >= 0.3 is 0 Å². The summed E-state index contributed by atoms with van der Waals surface area (Å²) in [6.07, 6.45) is 0.600. The van der Waals surface area contributed by atoms with E-state index in [9.17, 15) is 0 Å². The van der Waals surface area contributed by atoms with Crippen molar-refractivity contribution in [1.82, 2.24) is 0 Å². The summed E-state index contributed by atoms with van der Waals surface area (Å²) in [5, 5.41) is 8.31. The van der Waals surface area contributed by atoms with Gasteiger partial charge in [-0.15, -0.1) is 0 Å². The predicted molar refractivity (Wildman–Crippen MR) is 43.0 cm³/mol. The highest BCUT2D eigenvalue weighted by Gasteiger charge is 2.25. The van der Waals surface area contributed by atoms with E-state index in [0.29, 0.717) is 12.0 Å². The van der Waals surface area contributed by atoms with Crippen LogP contribution in [0.5, 0.6) is 0 Å². The molecular formula is C6H12ClNSi. The standard InChI is InChI=1S/C6H12ClNSi/c1-6(4-5-8)9(2,3)7/h6H,4H2,1-3H3. The SMILES string of the molecule is CC(CC#N)[Si](C)(C)Cl. The van der Waals surface area contributed by atoms with E-state index in [4.69, 9.17) is 16.3 Å². The van der Waals surface area contributed by atoms with Crippen LogP contribution in [0.4, 0.5) is 0 Å². The second-order valence-corrected chi connectivity index (χ2v) is 9.86. The van der Waals surface area contributed by atoms with Crippen LogP contribution in [0.1, 0.15) is 13.3 Å². The van der Waals surface area contributed by atoms with Crippen molar-refractivity contribution < 1.29 is 0 Å². The van der Waals surface area contributed by atoms with Gasteiger partial charge in [0.15, 0.2) is 7.38 Å². The Morgan fingerprint density at radius 1 is 1.67 bits per heavy atom. The summed E-state index contributed by atoms with van der Waals surface area (Å²) in [4.78, 5) is 0. The van der Waals surface area contributed by atoms with Crippen molar-refractivity contribution in [3.63, 3.8) is 0 Å². The zero-order valence-electron chi connectivity index (χ0n) is 6.11. The second kappa shape index (κ2) is 3.24. The van der Waals surface area contributed by atoms with Crippen molar-refractivity contribution >= 4 is 18.5 Å². The molecule has 0 aliphatic rings. The molecule has 0 saturated carbocycles. The molecule has 9 heavy (non-hydrogen) atoms. The molecule has 1 unspecified atom stereocenters. The average Bonchev–Trinajstić information content (AvgIpc) is 1.64. The summed E-state index contributed by atoms with van der Waals surface area (Å²) in [6.45, 7) is 6.18. The van der Waals surface area contributed by atoms with Gasteiger partial charge in [0.05, 0.1) is 6.07 Å². The maximum absolute atomic E-state index is 8.31. The van der Waals surface area contributed by atoms with Crippen molar-refractivity contribution in [2.24, 2.45) is 0 Å². The molecule has 1 atom stereocenters. The molecular weight excluding hydrogens is 150 g/mol. The molecule has 0 fully saturated rings. The first-order valence-electron chi connectivity index (χ1n) is 3.04. The van der Waals surface area contributed by atoms with Gasteiger partial charge in [-0.2, -0.15) is 16.3 Å². The fourth-order valence-electron chi connectivity index (χ4n) is 0.380. The number of hydrogen-bond donors (Lipinski definition) is 0. The third kappa shape index (κ3) is 3.55. The maximum Gasteiger partial charge on any atom is 0.154 e. The molecule has 0 radical (unpaired) electrons. The third-order valence-electron chi connectivity index (χ3n) is 1.57. The molecule has 0 N–H and O–H groups in total. The molecule has 0 aromatic rings. The fourth-order valence-corrected chi connectivity index (χ4v) is 1.19. The van der Waals surface area contributed by atoms with Crippen LogP contribution >= 0.6 is 11.1 Å². The Morgan fingerprint density at radius 3 is 2.22 bits per heavy atom. The van der Waals surface area contributed by atoms with Crippen molar-refractivity contribution in [3.8, 4) is 6.07 Å². The summed E-state index contributed by atoms with van der Waals surface area (Å²) in [5.74, 6) is 0. The quantitative estimate of drug-likeness (QED) is 0.452. The topological polar surface area (TPSA) is 23.8 Å². The fraction of sp³-hybridized carbons (Fsp3) is 0.833. The van der Waals surface area contributed by atoms with Gasteiger partial charge in [-0.1, -0.05) is 20.0 Å². The zero-order chi connectivity index (χ0) is 7.49. The zero-order valence-corrected chi connectivity index (χ0v) is 7.87. The van der Waals surface area contributed by atoms with Crippen LogP contribution in [-0.2, 0) is 0 Å². The molecule has 0 bridgehead atoms. The van der Waals surface area contributed by atoms with Crippen LogP contribution in [0.2, 0.25) is 18.6 Å². The van der Waals surface area contributed by atoms with E-state index < -0.39 is 7.38 Å². The number of halogens is 1. The minimum absolute atomic E-state index is 0.407. The molecule has 0 aliphatic heterocycles. The first kappa shape index (κ1) is 9.00. The summed E-state index contributed by atoms with van der Waals surface area (Å²) >= 11 is 6.05. The highest BCUT2D eigenvalue weighted by molar-refractivity contribution is 7.19. The van der Waals surface area contributed by atoms with Gasteiger partial charge < -0.3 is 0 Å². The molecule has 0 aromatic heterocycles. The van der Waals surface area contributed by atoms with Gasteiger partial charge in [-0.3, -0.25) is 0 Å². The normalized spacial score (nSPS) is 14.6. The second-order valence-electron chi connectivity index (χ2n) is 2.83. The highest BCUT2D eigenvalue weighted by atomic mass is 35.6. The summed E-state index contributed by atoms with van der Waals surface area (Å²) in [6, 6.07) is 2.12. The van der Waals surface area contributed by atoms with E-state index in [-0.39, 0.29) is 0 Å². The molecule has 0 rings (SSSR count). The van der Waals surface area contributed by atoms with Gasteiger partial charge in [-0.05, 0) is 5.54 Å². The van der Waals surface area contributed by atoms with E-state index in [1.807, 2.05) is 6.92 Å². The van der Waals surface area contributed by atoms with Crippen LogP contribution in [0.25, 0.3) is 0 Å². The Bertz CT molecular complexity index is 122. The molecule has 0 heterocycles.